The number of H-pyrrole nitrogens is 1. The largest absolute Gasteiger partial charge is 0.497 e. The molecular formula is C20H19N3O4. The second kappa shape index (κ2) is 6.42. The van der Waals surface area contributed by atoms with E-state index in [1.807, 2.05) is 31.2 Å². The summed E-state index contributed by atoms with van der Waals surface area (Å²) in [7, 11) is 1.54. The highest BCUT2D eigenvalue weighted by molar-refractivity contribution is 6.05. The van der Waals surface area contributed by atoms with E-state index in [9.17, 15) is 14.7 Å². The van der Waals surface area contributed by atoms with Gasteiger partial charge in [-0.1, -0.05) is 24.3 Å². The number of carbonyl (C=O) groups excluding carboxylic acids is 1. The van der Waals surface area contributed by atoms with Crippen LogP contribution in [0.25, 0.3) is 10.9 Å². The van der Waals surface area contributed by atoms with E-state index < -0.39 is 11.9 Å². The number of carboxylic acids is 1. The van der Waals surface area contributed by atoms with E-state index in [1.165, 1.54) is 0 Å². The molecular weight excluding hydrogens is 346 g/mol. The zero-order valence-electron chi connectivity index (χ0n) is 15.0. The van der Waals surface area contributed by atoms with Crippen LogP contribution in [-0.2, 0) is 11.3 Å². The molecule has 0 saturated carbocycles. The zero-order valence-corrected chi connectivity index (χ0v) is 15.0. The molecule has 27 heavy (non-hydrogen) atoms. The Balaban J connectivity index is 1.72. The van der Waals surface area contributed by atoms with Crippen molar-refractivity contribution < 1.29 is 19.4 Å². The first kappa shape index (κ1) is 17.1. The number of aromatic amines is 1. The highest BCUT2D eigenvalue weighted by Gasteiger charge is 2.34. The molecule has 7 heteroatoms. The van der Waals surface area contributed by atoms with Gasteiger partial charge in [0.1, 0.15) is 11.4 Å². The molecule has 2 N–H and O–H groups in total. The van der Waals surface area contributed by atoms with E-state index >= 15 is 0 Å². The molecule has 1 amide bonds. The third-order valence-corrected chi connectivity index (χ3v) is 5.08. The molecule has 138 valence electrons. The van der Waals surface area contributed by atoms with Crippen LogP contribution in [0.3, 0.4) is 0 Å². The van der Waals surface area contributed by atoms with Crippen molar-refractivity contribution in [3.8, 4) is 5.75 Å². The van der Waals surface area contributed by atoms with Gasteiger partial charge in [0.2, 0.25) is 0 Å². The number of benzene rings is 2. The van der Waals surface area contributed by atoms with Crippen LogP contribution < -0.4 is 4.74 Å². The first-order valence-corrected chi connectivity index (χ1v) is 8.62. The lowest BCUT2D eigenvalue weighted by molar-refractivity contribution is -0.139. The van der Waals surface area contributed by atoms with Crippen molar-refractivity contribution in [2.45, 2.75) is 19.4 Å². The molecule has 2 heterocycles. The van der Waals surface area contributed by atoms with E-state index in [1.54, 1.807) is 24.1 Å². The summed E-state index contributed by atoms with van der Waals surface area (Å²) >= 11 is 0. The Morgan fingerprint density at radius 3 is 2.85 bits per heavy atom. The molecule has 0 spiro atoms. The van der Waals surface area contributed by atoms with Crippen molar-refractivity contribution in [1.82, 2.24) is 15.1 Å². The minimum absolute atomic E-state index is 0.0979. The van der Waals surface area contributed by atoms with Gasteiger partial charge in [-0.3, -0.25) is 14.7 Å². The number of carboxylic acid groups (broad SMARTS) is 1. The number of aryl methyl sites for hydroxylation is 1. The minimum atomic E-state index is -0.965. The molecule has 0 saturated heterocycles. The fourth-order valence-electron chi connectivity index (χ4n) is 3.63. The van der Waals surface area contributed by atoms with Crippen molar-refractivity contribution in [3.63, 3.8) is 0 Å². The van der Waals surface area contributed by atoms with E-state index in [-0.39, 0.29) is 12.5 Å². The quantitative estimate of drug-likeness (QED) is 0.744. The predicted octanol–water partition coefficient (Wildman–Crippen LogP) is 2.70. The maximum Gasteiger partial charge on any atom is 0.312 e. The first-order valence-electron chi connectivity index (χ1n) is 8.62. The smallest absolute Gasteiger partial charge is 0.312 e. The summed E-state index contributed by atoms with van der Waals surface area (Å²) < 4.78 is 5.21. The van der Waals surface area contributed by atoms with E-state index in [2.05, 4.69) is 10.2 Å². The van der Waals surface area contributed by atoms with Gasteiger partial charge in [0.25, 0.3) is 5.91 Å². The number of aromatic nitrogens is 2. The number of aliphatic carboxylic acids is 1. The van der Waals surface area contributed by atoms with Gasteiger partial charge in [0.05, 0.1) is 18.5 Å². The number of nitrogens with one attached hydrogen (secondary N) is 1. The molecule has 1 aliphatic heterocycles. The summed E-state index contributed by atoms with van der Waals surface area (Å²) in [5.41, 5.74) is 3.61. The standard InChI is InChI=1S/C20H19N3O4/c1-11-4-3-5-14-17(11)21-22-18(14)19(24)23-9-12-6-7-13(27-2)8-15(12)16(10-23)20(25)26/h3-8,16H,9-10H2,1-2H3,(H,21,22)(H,25,26). The van der Waals surface area contributed by atoms with Crippen LogP contribution in [0.1, 0.15) is 33.1 Å². The number of hydrogen-bond donors (Lipinski definition) is 2. The van der Waals surface area contributed by atoms with Crippen LogP contribution in [0.5, 0.6) is 5.75 Å². The van der Waals surface area contributed by atoms with Crippen LogP contribution in [0.2, 0.25) is 0 Å². The highest BCUT2D eigenvalue weighted by Crippen LogP contribution is 2.33. The summed E-state index contributed by atoms with van der Waals surface area (Å²) in [6.07, 6.45) is 0. The fraction of sp³-hybridized carbons (Fsp3) is 0.250. The normalized spacial score (nSPS) is 16.2. The van der Waals surface area contributed by atoms with Crippen LogP contribution in [0.4, 0.5) is 0 Å². The molecule has 0 aliphatic carbocycles. The van der Waals surface area contributed by atoms with Gasteiger partial charge >= 0.3 is 5.97 Å². The Labute approximate surface area is 155 Å². The highest BCUT2D eigenvalue weighted by atomic mass is 16.5. The number of ether oxygens (including phenoxy) is 1. The second-order valence-electron chi connectivity index (χ2n) is 6.71. The molecule has 1 atom stereocenters. The van der Waals surface area contributed by atoms with Crippen molar-refractivity contribution in [1.29, 1.82) is 0 Å². The third-order valence-electron chi connectivity index (χ3n) is 5.08. The van der Waals surface area contributed by atoms with Crippen LogP contribution in [-0.4, -0.2) is 45.7 Å². The zero-order chi connectivity index (χ0) is 19.1. The maximum absolute atomic E-state index is 13.1. The molecule has 1 aromatic heterocycles. The predicted molar refractivity (Wildman–Crippen MR) is 98.9 cm³/mol. The molecule has 0 fully saturated rings. The second-order valence-corrected chi connectivity index (χ2v) is 6.71. The first-order chi connectivity index (χ1) is 13.0. The fourth-order valence-corrected chi connectivity index (χ4v) is 3.63. The maximum atomic E-state index is 13.1. The van der Waals surface area contributed by atoms with Crippen LogP contribution in [0, 0.1) is 6.92 Å². The molecule has 2 aromatic carbocycles. The molecule has 0 radical (unpaired) electrons. The van der Waals surface area contributed by atoms with E-state index in [0.29, 0.717) is 23.6 Å². The van der Waals surface area contributed by atoms with Gasteiger partial charge in [-0.05, 0) is 35.7 Å². The van der Waals surface area contributed by atoms with Crippen molar-refractivity contribution >= 4 is 22.8 Å². The number of carbonyl (C=O) groups is 2. The van der Waals surface area contributed by atoms with Crippen molar-refractivity contribution in [3.05, 3.63) is 58.8 Å². The minimum Gasteiger partial charge on any atom is -0.497 e. The summed E-state index contributed by atoms with van der Waals surface area (Å²) in [6, 6.07) is 11.0. The molecule has 7 nitrogen and oxygen atoms in total. The Morgan fingerprint density at radius 2 is 2.11 bits per heavy atom. The molecule has 3 aromatic rings. The third kappa shape index (κ3) is 2.81. The van der Waals surface area contributed by atoms with Gasteiger partial charge < -0.3 is 14.7 Å². The lowest BCUT2D eigenvalue weighted by atomic mass is 9.89. The van der Waals surface area contributed by atoms with Gasteiger partial charge in [0.15, 0.2) is 0 Å². The molecule has 4 rings (SSSR count). The average molecular weight is 365 g/mol. The van der Waals surface area contributed by atoms with E-state index in [4.69, 9.17) is 4.74 Å². The van der Waals surface area contributed by atoms with Crippen LogP contribution >= 0.6 is 0 Å². The molecule has 1 aliphatic rings. The summed E-state index contributed by atoms with van der Waals surface area (Å²) in [4.78, 5) is 26.5. The summed E-state index contributed by atoms with van der Waals surface area (Å²) in [6.45, 7) is 2.37. The number of para-hydroxylation sites is 1. The average Bonchev–Trinajstić information content (AvgIpc) is 3.11. The SMILES string of the molecule is COc1ccc2c(c1)C(C(=O)O)CN(C(=O)c1[nH]nc3c(C)cccc13)C2. The molecule has 0 bridgehead atoms. The number of methoxy groups -OCH3 is 1. The van der Waals surface area contributed by atoms with Gasteiger partial charge in [-0.15, -0.1) is 0 Å². The number of hydrogen-bond acceptors (Lipinski definition) is 4. The lowest BCUT2D eigenvalue weighted by Gasteiger charge is -2.32. The Hall–Kier alpha value is -3.35. The van der Waals surface area contributed by atoms with Crippen LogP contribution in [0.15, 0.2) is 36.4 Å². The van der Waals surface area contributed by atoms with Crippen molar-refractivity contribution in [2.24, 2.45) is 0 Å². The Bertz CT molecular complexity index is 1060. The topological polar surface area (TPSA) is 95.5 Å². The van der Waals surface area contributed by atoms with Gasteiger partial charge in [-0.25, -0.2) is 0 Å². The number of rotatable bonds is 3. The van der Waals surface area contributed by atoms with Crippen molar-refractivity contribution in [2.75, 3.05) is 13.7 Å². The van der Waals surface area contributed by atoms with E-state index in [0.717, 1.165) is 22.0 Å². The van der Waals surface area contributed by atoms with Gasteiger partial charge in [-0.2, -0.15) is 5.10 Å². The monoisotopic (exact) mass is 365 g/mol. The molecule has 1 unspecified atom stereocenters. The number of amides is 1. The Kier molecular flexibility index (Phi) is 4.07. The Morgan fingerprint density at radius 1 is 1.30 bits per heavy atom. The van der Waals surface area contributed by atoms with Gasteiger partial charge in [0, 0.05) is 18.5 Å². The summed E-state index contributed by atoms with van der Waals surface area (Å²) in [5.74, 6) is -1.42. The number of fused-ring (bicyclic) bond motifs is 2. The number of nitrogens with zero attached hydrogens (tertiary/aromatic N) is 2. The lowest BCUT2D eigenvalue weighted by Crippen LogP contribution is -2.40. The summed E-state index contributed by atoms with van der Waals surface area (Å²) in [5, 5.41) is 17.5.